The van der Waals surface area contributed by atoms with Crippen molar-refractivity contribution in [2.45, 2.75) is 32.5 Å². The molecule has 2 aliphatic rings. The summed E-state index contributed by atoms with van der Waals surface area (Å²) in [6, 6.07) is 6.88. The lowest BCUT2D eigenvalue weighted by molar-refractivity contribution is 0.209. The highest BCUT2D eigenvalue weighted by Gasteiger charge is 2.17. The van der Waals surface area contributed by atoms with Gasteiger partial charge < -0.3 is 9.88 Å². The second-order valence-electron chi connectivity index (χ2n) is 5.77. The number of hydrogen-bond donors (Lipinski definition) is 1. The van der Waals surface area contributed by atoms with E-state index in [1.807, 2.05) is 6.20 Å². The molecule has 3 heterocycles. The Hall–Kier alpha value is -1.81. The fourth-order valence-corrected chi connectivity index (χ4v) is 3.24. The van der Waals surface area contributed by atoms with Crippen molar-refractivity contribution in [3.05, 3.63) is 47.5 Å². The predicted octanol–water partition coefficient (Wildman–Crippen LogP) is 2.26. The molecule has 0 saturated carbocycles. The van der Waals surface area contributed by atoms with Crippen LogP contribution < -0.4 is 5.32 Å². The minimum Gasteiger partial charge on any atom is -0.385 e. The fraction of sp³-hybridized carbons (Fsp3) is 0.438. The van der Waals surface area contributed by atoms with E-state index >= 15 is 0 Å². The molecule has 1 N–H and O–H groups in total. The smallest absolute Gasteiger partial charge is 0.122 e. The van der Waals surface area contributed by atoms with E-state index in [0.717, 1.165) is 32.7 Å². The van der Waals surface area contributed by atoms with Gasteiger partial charge in [-0.3, -0.25) is 4.90 Å². The van der Waals surface area contributed by atoms with Crippen LogP contribution in [0.2, 0.25) is 0 Å². The quantitative estimate of drug-likeness (QED) is 0.907. The van der Waals surface area contributed by atoms with Crippen molar-refractivity contribution < 1.29 is 0 Å². The van der Waals surface area contributed by atoms with Crippen LogP contribution in [0.15, 0.2) is 30.6 Å². The summed E-state index contributed by atoms with van der Waals surface area (Å²) in [6.45, 7) is 5.27. The number of nitrogens with one attached hydrogen (secondary N) is 1. The predicted molar refractivity (Wildman–Crippen MR) is 79.6 cm³/mol. The summed E-state index contributed by atoms with van der Waals surface area (Å²) in [6.07, 6.45) is 6.44. The molecule has 0 atom stereocenters. The van der Waals surface area contributed by atoms with Gasteiger partial charge >= 0.3 is 0 Å². The Labute approximate surface area is 119 Å². The highest BCUT2D eigenvalue weighted by atomic mass is 15.2. The molecule has 0 radical (unpaired) electrons. The van der Waals surface area contributed by atoms with Crippen molar-refractivity contribution >= 4 is 5.69 Å². The van der Waals surface area contributed by atoms with Crippen LogP contribution in [-0.4, -0.2) is 27.5 Å². The number of benzene rings is 1. The number of nitrogens with zero attached hydrogens (tertiary/aromatic N) is 3. The maximum atomic E-state index is 4.43. The van der Waals surface area contributed by atoms with E-state index in [9.17, 15) is 0 Å². The Morgan fingerprint density at radius 2 is 2.25 bits per heavy atom. The van der Waals surface area contributed by atoms with Gasteiger partial charge in [0.2, 0.25) is 0 Å². The molecular weight excluding hydrogens is 248 g/mol. The van der Waals surface area contributed by atoms with Crippen molar-refractivity contribution in [3.63, 3.8) is 0 Å². The first-order valence-electron chi connectivity index (χ1n) is 7.46. The first kappa shape index (κ1) is 12.0. The van der Waals surface area contributed by atoms with Crippen LogP contribution >= 0.6 is 0 Å². The molecule has 0 amide bonds. The molecule has 104 valence electrons. The number of fused-ring (bicyclic) bond motifs is 2. The van der Waals surface area contributed by atoms with Gasteiger partial charge in [-0.05, 0) is 30.0 Å². The van der Waals surface area contributed by atoms with Gasteiger partial charge in [-0.25, -0.2) is 4.98 Å². The normalized spacial score (nSPS) is 18.2. The molecule has 4 nitrogen and oxygen atoms in total. The van der Waals surface area contributed by atoms with E-state index in [4.69, 9.17) is 0 Å². The average Bonchev–Trinajstić information content (AvgIpc) is 2.95. The minimum atomic E-state index is 0.961. The van der Waals surface area contributed by atoms with Crippen molar-refractivity contribution in [3.8, 4) is 0 Å². The lowest BCUT2D eigenvalue weighted by atomic mass is 10.0. The summed E-state index contributed by atoms with van der Waals surface area (Å²) in [4.78, 5) is 6.92. The third kappa shape index (κ3) is 2.20. The Morgan fingerprint density at radius 3 is 3.25 bits per heavy atom. The number of rotatable bonds is 2. The van der Waals surface area contributed by atoms with Crippen molar-refractivity contribution in [2.75, 3.05) is 18.4 Å². The molecule has 2 aliphatic heterocycles. The molecule has 4 heteroatoms. The Balaban J connectivity index is 1.49. The van der Waals surface area contributed by atoms with Gasteiger partial charge in [-0.1, -0.05) is 12.1 Å². The number of hydrogen-bond acceptors (Lipinski definition) is 3. The van der Waals surface area contributed by atoms with Crippen LogP contribution in [0.1, 0.15) is 23.4 Å². The highest BCUT2D eigenvalue weighted by molar-refractivity contribution is 5.54. The Morgan fingerprint density at radius 1 is 1.25 bits per heavy atom. The molecule has 1 aromatic heterocycles. The monoisotopic (exact) mass is 268 g/mol. The maximum absolute atomic E-state index is 4.43. The molecule has 4 rings (SSSR count). The van der Waals surface area contributed by atoms with Crippen LogP contribution in [-0.2, 0) is 26.1 Å². The van der Waals surface area contributed by atoms with E-state index in [1.165, 1.54) is 35.5 Å². The first-order chi connectivity index (χ1) is 9.88. The molecule has 0 aliphatic carbocycles. The largest absolute Gasteiger partial charge is 0.385 e. The zero-order chi connectivity index (χ0) is 13.4. The zero-order valence-electron chi connectivity index (χ0n) is 11.7. The molecule has 0 saturated heterocycles. The summed E-state index contributed by atoms with van der Waals surface area (Å²) in [5, 5.41) is 3.48. The van der Waals surface area contributed by atoms with Crippen LogP contribution in [0.4, 0.5) is 5.69 Å². The lowest BCUT2D eigenvalue weighted by Gasteiger charge is -2.28. The second-order valence-corrected chi connectivity index (χ2v) is 5.77. The number of imidazole rings is 1. The van der Waals surface area contributed by atoms with E-state index in [-0.39, 0.29) is 0 Å². The van der Waals surface area contributed by atoms with Gasteiger partial charge in [0.25, 0.3) is 0 Å². The zero-order valence-corrected chi connectivity index (χ0v) is 11.7. The summed E-state index contributed by atoms with van der Waals surface area (Å²) in [5.74, 6) is 1.19. The standard InChI is InChI=1S/C16H20N4/c1-2-14-10-13(3-4-15(14)17-5-1)11-19-8-9-20-7-6-18-16(20)12-19/h3-4,6-7,10,17H,1-2,5,8-9,11-12H2. The summed E-state index contributed by atoms with van der Waals surface area (Å²) in [7, 11) is 0. The SMILES string of the molecule is c1cn2c(n1)CN(Cc1ccc3c(c1)CCCN3)CC2. The van der Waals surface area contributed by atoms with Gasteiger partial charge in [0.15, 0.2) is 0 Å². The highest BCUT2D eigenvalue weighted by Crippen LogP contribution is 2.24. The van der Waals surface area contributed by atoms with Crippen LogP contribution in [0.5, 0.6) is 0 Å². The molecule has 0 spiro atoms. The molecule has 0 bridgehead atoms. The van der Waals surface area contributed by atoms with Crippen LogP contribution in [0.25, 0.3) is 0 Å². The van der Waals surface area contributed by atoms with E-state index in [1.54, 1.807) is 0 Å². The third-order valence-electron chi connectivity index (χ3n) is 4.34. The Kier molecular flexibility index (Phi) is 2.96. The maximum Gasteiger partial charge on any atom is 0.122 e. The second kappa shape index (κ2) is 4.94. The van der Waals surface area contributed by atoms with Crippen molar-refractivity contribution in [1.29, 1.82) is 0 Å². The van der Waals surface area contributed by atoms with Gasteiger partial charge in [0.05, 0.1) is 6.54 Å². The van der Waals surface area contributed by atoms with Crippen molar-refractivity contribution in [2.24, 2.45) is 0 Å². The van der Waals surface area contributed by atoms with E-state index < -0.39 is 0 Å². The summed E-state index contributed by atoms with van der Waals surface area (Å²) >= 11 is 0. The van der Waals surface area contributed by atoms with Gasteiger partial charge in [0.1, 0.15) is 5.82 Å². The fourth-order valence-electron chi connectivity index (χ4n) is 3.24. The molecule has 0 unspecified atom stereocenters. The third-order valence-corrected chi connectivity index (χ3v) is 4.34. The van der Waals surface area contributed by atoms with Gasteiger partial charge in [0, 0.05) is 44.3 Å². The molecule has 0 fully saturated rings. The van der Waals surface area contributed by atoms with Crippen LogP contribution in [0.3, 0.4) is 0 Å². The first-order valence-corrected chi connectivity index (χ1v) is 7.46. The molecular formula is C16H20N4. The topological polar surface area (TPSA) is 33.1 Å². The molecule has 2 aromatic rings. The molecule has 20 heavy (non-hydrogen) atoms. The van der Waals surface area contributed by atoms with Crippen LogP contribution in [0, 0.1) is 0 Å². The summed E-state index contributed by atoms with van der Waals surface area (Å²) < 4.78 is 2.26. The molecule has 1 aromatic carbocycles. The van der Waals surface area contributed by atoms with Gasteiger partial charge in [-0.2, -0.15) is 0 Å². The van der Waals surface area contributed by atoms with Gasteiger partial charge in [-0.15, -0.1) is 0 Å². The number of aromatic nitrogens is 2. The summed E-state index contributed by atoms with van der Waals surface area (Å²) in [5.41, 5.74) is 4.23. The van der Waals surface area contributed by atoms with Crippen molar-refractivity contribution in [1.82, 2.24) is 14.5 Å². The number of anilines is 1. The average molecular weight is 268 g/mol. The minimum absolute atomic E-state index is 0.961. The Bertz CT molecular complexity index is 617. The van der Waals surface area contributed by atoms with E-state index in [0.29, 0.717) is 0 Å². The lowest BCUT2D eigenvalue weighted by Crippen LogP contribution is -2.33. The number of aryl methyl sites for hydroxylation is 1. The van der Waals surface area contributed by atoms with E-state index in [2.05, 4.69) is 44.2 Å².